The Morgan fingerprint density at radius 2 is 2.33 bits per heavy atom. The molecule has 0 saturated carbocycles. The van der Waals surface area contributed by atoms with E-state index in [9.17, 15) is 0 Å². The van der Waals surface area contributed by atoms with Crippen LogP contribution in [-0.4, -0.2) is 16.6 Å². The maximum Gasteiger partial charge on any atom is 0.147 e. The molecule has 0 spiro atoms. The highest BCUT2D eigenvalue weighted by Crippen LogP contribution is 2.01. The SMILES string of the molecule is C#CCOCc1cnc(Cl)cn1. The van der Waals surface area contributed by atoms with Crippen molar-refractivity contribution in [3.8, 4) is 12.3 Å². The lowest BCUT2D eigenvalue weighted by molar-refractivity contribution is 0.150. The highest BCUT2D eigenvalue weighted by Gasteiger charge is 1.94. The van der Waals surface area contributed by atoms with Crippen molar-refractivity contribution in [1.82, 2.24) is 9.97 Å². The van der Waals surface area contributed by atoms with E-state index >= 15 is 0 Å². The normalized spacial score (nSPS) is 9.33. The maximum atomic E-state index is 5.53. The molecule has 1 heterocycles. The van der Waals surface area contributed by atoms with Crippen LogP contribution < -0.4 is 0 Å². The van der Waals surface area contributed by atoms with Gasteiger partial charge >= 0.3 is 0 Å². The topological polar surface area (TPSA) is 35.0 Å². The molecule has 0 unspecified atom stereocenters. The predicted octanol–water partition coefficient (Wildman–Crippen LogP) is 1.28. The Morgan fingerprint density at radius 3 is 2.92 bits per heavy atom. The van der Waals surface area contributed by atoms with Gasteiger partial charge in [0.2, 0.25) is 0 Å². The van der Waals surface area contributed by atoms with Crippen molar-refractivity contribution in [3.05, 3.63) is 23.2 Å². The molecule has 0 bridgehead atoms. The summed E-state index contributed by atoms with van der Waals surface area (Å²) in [6, 6.07) is 0. The average Bonchev–Trinajstić information content (AvgIpc) is 2.09. The largest absolute Gasteiger partial charge is 0.362 e. The predicted molar refractivity (Wildman–Crippen MR) is 45.5 cm³/mol. The van der Waals surface area contributed by atoms with Crippen molar-refractivity contribution in [1.29, 1.82) is 0 Å². The number of ether oxygens (including phenoxy) is 1. The van der Waals surface area contributed by atoms with Crippen LogP contribution in [0.15, 0.2) is 12.4 Å². The Morgan fingerprint density at radius 1 is 1.50 bits per heavy atom. The molecular formula is C8H7ClN2O. The van der Waals surface area contributed by atoms with Gasteiger partial charge in [-0.05, 0) is 0 Å². The quantitative estimate of drug-likeness (QED) is 0.522. The number of hydrogen-bond acceptors (Lipinski definition) is 3. The average molecular weight is 183 g/mol. The molecule has 0 saturated heterocycles. The zero-order valence-corrected chi connectivity index (χ0v) is 7.08. The minimum Gasteiger partial charge on any atom is -0.362 e. The Bertz CT molecular complexity index is 278. The second-order valence-electron chi connectivity index (χ2n) is 2.03. The van der Waals surface area contributed by atoms with Gasteiger partial charge < -0.3 is 4.74 Å². The fraction of sp³-hybridized carbons (Fsp3) is 0.250. The third-order valence-electron chi connectivity index (χ3n) is 1.11. The van der Waals surface area contributed by atoms with Crippen LogP contribution in [0.25, 0.3) is 0 Å². The van der Waals surface area contributed by atoms with E-state index in [1.54, 1.807) is 6.20 Å². The Balaban J connectivity index is 2.43. The molecule has 4 heteroatoms. The fourth-order valence-electron chi connectivity index (χ4n) is 0.628. The number of hydrogen-bond donors (Lipinski definition) is 0. The number of terminal acetylenes is 1. The summed E-state index contributed by atoms with van der Waals surface area (Å²) in [5, 5.41) is 0.371. The van der Waals surface area contributed by atoms with E-state index in [0.717, 1.165) is 5.69 Å². The highest BCUT2D eigenvalue weighted by molar-refractivity contribution is 6.29. The number of halogens is 1. The van der Waals surface area contributed by atoms with E-state index in [1.807, 2.05) is 0 Å². The number of aromatic nitrogens is 2. The van der Waals surface area contributed by atoms with Gasteiger partial charge in [0.05, 0.1) is 24.7 Å². The van der Waals surface area contributed by atoms with Crippen LogP contribution in [0.4, 0.5) is 0 Å². The van der Waals surface area contributed by atoms with E-state index in [-0.39, 0.29) is 6.61 Å². The molecule has 62 valence electrons. The van der Waals surface area contributed by atoms with Crippen molar-refractivity contribution >= 4 is 11.6 Å². The Hall–Kier alpha value is -1.11. The van der Waals surface area contributed by atoms with Crippen LogP contribution >= 0.6 is 11.6 Å². The van der Waals surface area contributed by atoms with Crippen LogP contribution in [-0.2, 0) is 11.3 Å². The van der Waals surface area contributed by atoms with Gasteiger partial charge in [-0.3, -0.25) is 4.98 Å². The first-order chi connectivity index (χ1) is 5.83. The molecule has 0 N–H and O–H groups in total. The van der Waals surface area contributed by atoms with Crippen molar-refractivity contribution in [3.63, 3.8) is 0 Å². The molecule has 0 atom stereocenters. The lowest BCUT2D eigenvalue weighted by Crippen LogP contribution is -1.96. The zero-order valence-electron chi connectivity index (χ0n) is 6.33. The first kappa shape index (κ1) is 8.98. The first-order valence-corrected chi connectivity index (χ1v) is 3.68. The molecule has 0 aliphatic rings. The van der Waals surface area contributed by atoms with E-state index in [0.29, 0.717) is 11.8 Å². The van der Waals surface area contributed by atoms with E-state index in [1.165, 1.54) is 6.20 Å². The standard InChI is InChI=1S/C8H7ClN2O/c1-2-3-12-6-7-4-11-8(9)5-10-7/h1,4-5H,3,6H2. The molecule has 1 aromatic rings. The highest BCUT2D eigenvalue weighted by atomic mass is 35.5. The first-order valence-electron chi connectivity index (χ1n) is 3.30. The molecular weight excluding hydrogens is 176 g/mol. The van der Waals surface area contributed by atoms with Gasteiger partial charge in [-0.15, -0.1) is 6.42 Å². The number of rotatable bonds is 3. The molecule has 0 radical (unpaired) electrons. The third-order valence-corrected chi connectivity index (χ3v) is 1.30. The summed E-state index contributed by atoms with van der Waals surface area (Å²) in [6.45, 7) is 0.651. The van der Waals surface area contributed by atoms with Crippen LogP contribution in [0.5, 0.6) is 0 Å². The smallest absolute Gasteiger partial charge is 0.147 e. The summed E-state index contributed by atoms with van der Waals surface area (Å²) in [7, 11) is 0. The molecule has 0 aliphatic carbocycles. The molecule has 0 fully saturated rings. The second kappa shape index (κ2) is 4.70. The Kier molecular flexibility index (Phi) is 3.52. The van der Waals surface area contributed by atoms with E-state index < -0.39 is 0 Å². The summed E-state index contributed by atoms with van der Waals surface area (Å²) in [5.41, 5.74) is 0.717. The van der Waals surface area contributed by atoms with Crippen LogP contribution in [0.3, 0.4) is 0 Å². The summed E-state index contributed by atoms with van der Waals surface area (Å²) >= 11 is 5.53. The third kappa shape index (κ3) is 2.87. The number of nitrogens with zero attached hydrogens (tertiary/aromatic N) is 2. The summed E-state index contributed by atoms with van der Waals surface area (Å²) in [6.07, 6.45) is 8.01. The molecule has 0 amide bonds. The van der Waals surface area contributed by atoms with Gasteiger partial charge in [0.25, 0.3) is 0 Å². The molecule has 0 aromatic carbocycles. The van der Waals surface area contributed by atoms with Gasteiger partial charge in [0.15, 0.2) is 0 Å². The molecule has 1 rings (SSSR count). The minimum absolute atomic E-state index is 0.282. The lowest BCUT2D eigenvalue weighted by Gasteiger charge is -1.98. The molecule has 3 nitrogen and oxygen atoms in total. The van der Waals surface area contributed by atoms with Crippen LogP contribution in [0.1, 0.15) is 5.69 Å². The molecule has 1 aromatic heterocycles. The van der Waals surface area contributed by atoms with E-state index in [2.05, 4.69) is 15.9 Å². The fourth-order valence-corrected chi connectivity index (χ4v) is 0.726. The van der Waals surface area contributed by atoms with E-state index in [4.69, 9.17) is 22.8 Å². The Labute approximate surface area is 75.7 Å². The van der Waals surface area contributed by atoms with Crippen LogP contribution in [0, 0.1) is 12.3 Å². The zero-order chi connectivity index (χ0) is 8.81. The summed E-state index contributed by atoms with van der Waals surface area (Å²) in [4.78, 5) is 7.79. The van der Waals surface area contributed by atoms with Gasteiger partial charge in [-0.1, -0.05) is 17.5 Å². The molecule has 12 heavy (non-hydrogen) atoms. The van der Waals surface area contributed by atoms with Crippen molar-refractivity contribution in [2.24, 2.45) is 0 Å². The van der Waals surface area contributed by atoms with Gasteiger partial charge in [0.1, 0.15) is 11.8 Å². The lowest BCUT2D eigenvalue weighted by atomic mass is 10.5. The summed E-state index contributed by atoms with van der Waals surface area (Å²) < 4.78 is 5.03. The van der Waals surface area contributed by atoms with Crippen molar-refractivity contribution < 1.29 is 4.74 Å². The van der Waals surface area contributed by atoms with Crippen molar-refractivity contribution in [2.45, 2.75) is 6.61 Å². The summed E-state index contributed by atoms with van der Waals surface area (Å²) in [5.74, 6) is 2.35. The van der Waals surface area contributed by atoms with Crippen molar-refractivity contribution in [2.75, 3.05) is 6.61 Å². The maximum absolute atomic E-state index is 5.53. The monoisotopic (exact) mass is 182 g/mol. The van der Waals surface area contributed by atoms with Crippen LogP contribution in [0.2, 0.25) is 5.15 Å². The molecule has 0 aliphatic heterocycles. The second-order valence-corrected chi connectivity index (χ2v) is 2.41. The minimum atomic E-state index is 0.282. The van der Waals surface area contributed by atoms with Gasteiger partial charge in [-0.25, -0.2) is 4.98 Å². The van der Waals surface area contributed by atoms with Gasteiger partial charge in [-0.2, -0.15) is 0 Å². The van der Waals surface area contributed by atoms with Gasteiger partial charge in [0, 0.05) is 0 Å².